The molecule has 0 aromatic carbocycles. The molecule has 1 amide bonds. The number of hydrogen-bond acceptors (Lipinski definition) is 4. The Hall–Kier alpha value is -0.960. The van der Waals surface area contributed by atoms with Crippen LogP contribution < -0.4 is 16.0 Å². The largest absolute Gasteiger partial charge is 0.417 e. The molecule has 2 aliphatic rings. The lowest BCUT2D eigenvalue weighted by atomic mass is 9.95. The predicted octanol–water partition coefficient (Wildman–Crippen LogP) is 3.67. The summed E-state index contributed by atoms with van der Waals surface area (Å²) in [4.78, 5) is 18.2. The predicted molar refractivity (Wildman–Crippen MR) is 107 cm³/mol. The van der Waals surface area contributed by atoms with Crippen LogP contribution in [0.2, 0.25) is 5.02 Å². The van der Waals surface area contributed by atoms with Crippen molar-refractivity contribution in [1.82, 2.24) is 10.3 Å². The van der Waals surface area contributed by atoms with E-state index in [2.05, 4.69) is 10.3 Å². The minimum absolute atomic E-state index is 0. The molecule has 3 N–H and O–H groups in total. The number of carbonyl (C=O) groups excluding carboxylic acids is 1. The Morgan fingerprint density at radius 2 is 2.04 bits per heavy atom. The average molecular weight is 464 g/mol. The van der Waals surface area contributed by atoms with Crippen molar-refractivity contribution in [1.29, 1.82) is 0 Å². The molecule has 1 aromatic rings. The van der Waals surface area contributed by atoms with Crippen LogP contribution in [-0.2, 0) is 11.0 Å². The lowest BCUT2D eigenvalue weighted by Gasteiger charge is -2.22. The molecule has 0 radical (unpaired) electrons. The normalized spacial score (nSPS) is 24.5. The fourth-order valence-corrected chi connectivity index (χ4v) is 4.15. The van der Waals surface area contributed by atoms with Gasteiger partial charge in [-0.05, 0) is 37.8 Å². The quantitative estimate of drug-likeness (QED) is 0.715. The maximum absolute atomic E-state index is 12.7. The molecule has 11 heteroatoms. The van der Waals surface area contributed by atoms with Crippen LogP contribution in [0.25, 0.3) is 0 Å². The fraction of sp³-hybridized carbons (Fsp3) is 0.647. The van der Waals surface area contributed by atoms with Gasteiger partial charge in [-0.3, -0.25) is 4.79 Å². The number of nitrogens with two attached hydrogens (primary N) is 1. The number of hydrogen-bond donors (Lipinski definition) is 2. The first-order valence-electron chi connectivity index (χ1n) is 8.77. The van der Waals surface area contributed by atoms with Crippen LogP contribution in [0.4, 0.5) is 19.0 Å². The minimum Gasteiger partial charge on any atom is -0.353 e. The van der Waals surface area contributed by atoms with Crippen molar-refractivity contribution in [3.05, 3.63) is 22.8 Å². The van der Waals surface area contributed by atoms with Gasteiger partial charge in [-0.1, -0.05) is 18.0 Å². The first-order valence-corrected chi connectivity index (χ1v) is 9.15. The third kappa shape index (κ3) is 5.55. The monoisotopic (exact) mass is 462 g/mol. The molecular weight excluding hydrogens is 440 g/mol. The molecule has 1 saturated heterocycles. The highest BCUT2D eigenvalue weighted by atomic mass is 35.5. The molecule has 2 heterocycles. The van der Waals surface area contributed by atoms with Gasteiger partial charge in [0.2, 0.25) is 5.91 Å². The van der Waals surface area contributed by atoms with Crippen LogP contribution in [0.15, 0.2) is 12.3 Å². The second kappa shape index (κ2) is 10.2. The summed E-state index contributed by atoms with van der Waals surface area (Å²) >= 11 is 6.01. The summed E-state index contributed by atoms with van der Waals surface area (Å²) in [6.07, 6.45) is -0.130. The van der Waals surface area contributed by atoms with E-state index >= 15 is 0 Å². The number of anilines is 1. The van der Waals surface area contributed by atoms with Gasteiger partial charge in [0, 0.05) is 31.2 Å². The van der Waals surface area contributed by atoms with Crippen molar-refractivity contribution in [2.24, 2.45) is 17.6 Å². The number of carbonyl (C=O) groups is 1. The van der Waals surface area contributed by atoms with Gasteiger partial charge in [0.15, 0.2) is 0 Å². The molecule has 2 fully saturated rings. The first-order chi connectivity index (χ1) is 12.3. The molecule has 1 aliphatic heterocycles. The average Bonchev–Trinajstić information content (AvgIpc) is 3.22. The Morgan fingerprint density at radius 3 is 2.64 bits per heavy atom. The number of nitrogens with zero attached hydrogens (tertiary/aromatic N) is 2. The van der Waals surface area contributed by atoms with Crippen molar-refractivity contribution in [3.63, 3.8) is 0 Å². The van der Waals surface area contributed by atoms with Crippen molar-refractivity contribution in [3.8, 4) is 0 Å². The fourth-order valence-electron chi connectivity index (χ4n) is 3.86. The summed E-state index contributed by atoms with van der Waals surface area (Å²) in [6.45, 7) is 1.57. The maximum Gasteiger partial charge on any atom is 0.417 e. The SMILES string of the molecule is Cl.Cl.NC[C@H]1CCC[C@H]1C(=O)NC1CCN(c2ncc(C(F)(F)F)cc2Cl)C1. The van der Waals surface area contributed by atoms with Crippen molar-refractivity contribution in [2.75, 3.05) is 24.5 Å². The molecule has 0 bridgehead atoms. The van der Waals surface area contributed by atoms with E-state index in [-0.39, 0.29) is 53.6 Å². The van der Waals surface area contributed by atoms with E-state index in [4.69, 9.17) is 17.3 Å². The molecule has 3 atom stereocenters. The zero-order chi connectivity index (χ0) is 18.9. The van der Waals surface area contributed by atoms with Crippen LogP contribution in [-0.4, -0.2) is 36.6 Å². The molecule has 1 aliphatic carbocycles. The Morgan fingerprint density at radius 1 is 1.32 bits per heavy atom. The number of alkyl halides is 3. The van der Waals surface area contributed by atoms with Gasteiger partial charge < -0.3 is 16.0 Å². The number of halogens is 6. The summed E-state index contributed by atoms with van der Waals surface area (Å²) in [5.41, 5.74) is 4.87. The van der Waals surface area contributed by atoms with E-state index in [0.717, 1.165) is 31.5 Å². The Labute approximate surface area is 179 Å². The van der Waals surface area contributed by atoms with Gasteiger partial charge in [0.05, 0.1) is 10.6 Å². The third-order valence-electron chi connectivity index (χ3n) is 5.28. The standard InChI is InChI=1S/C17H22ClF3N4O.2ClH/c18-14-6-11(17(19,20)21)8-23-15(14)25-5-4-12(9-25)24-16(26)13-3-1-2-10(13)7-22;;/h6,8,10,12-13H,1-5,7,9,22H2,(H,24,26);2*1H/t10-,12?,13-;;/m1../s1. The van der Waals surface area contributed by atoms with Crippen LogP contribution in [0.3, 0.4) is 0 Å². The van der Waals surface area contributed by atoms with E-state index in [1.54, 1.807) is 0 Å². The molecule has 1 aromatic heterocycles. The molecule has 5 nitrogen and oxygen atoms in total. The molecule has 1 unspecified atom stereocenters. The van der Waals surface area contributed by atoms with Gasteiger partial charge in [-0.25, -0.2) is 4.98 Å². The van der Waals surface area contributed by atoms with Crippen LogP contribution in [0.1, 0.15) is 31.2 Å². The molecule has 160 valence electrons. The highest BCUT2D eigenvalue weighted by molar-refractivity contribution is 6.33. The summed E-state index contributed by atoms with van der Waals surface area (Å²) in [5.74, 6) is 0.536. The summed E-state index contributed by atoms with van der Waals surface area (Å²) in [7, 11) is 0. The van der Waals surface area contributed by atoms with Crippen LogP contribution in [0.5, 0.6) is 0 Å². The minimum atomic E-state index is -4.47. The smallest absolute Gasteiger partial charge is 0.353 e. The van der Waals surface area contributed by atoms with Crippen molar-refractivity contribution >= 4 is 48.1 Å². The number of nitrogens with one attached hydrogen (secondary N) is 1. The molecular formula is C17H24Cl3F3N4O. The van der Waals surface area contributed by atoms with Crippen LogP contribution >= 0.6 is 36.4 Å². The Bertz CT molecular complexity index is 678. The Balaban J connectivity index is 0.00000196. The number of aromatic nitrogens is 1. The maximum atomic E-state index is 12.7. The van der Waals surface area contributed by atoms with Crippen molar-refractivity contribution in [2.45, 2.75) is 37.9 Å². The number of rotatable bonds is 4. The van der Waals surface area contributed by atoms with Gasteiger partial charge >= 0.3 is 6.18 Å². The topological polar surface area (TPSA) is 71.2 Å². The van der Waals surface area contributed by atoms with E-state index in [1.807, 2.05) is 4.90 Å². The summed E-state index contributed by atoms with van der Waals surface area (Å²) in [5, 5.41) is 3.02. The van der Waals surface area contributed by atoms with Gasteiger partial charge in [0.1, 0.15) is 5.82 Å². The summed E-state index contributed by atoms with van der Waals surface area (Å²) < 4.78 is 38.2. The lowest BCUT2D eigenvalue weighted by molar-refractivity contribution is -0.137. The second-order valence-electron chi connectivity index (χ2n) is 7.00. The van der Waals surface area contributed by atoms with E-state index in [9.17, 15) is 18.0 Å². The van der Waals surface area contributed by atoms with E-state index in [0.29, 0.717) is 31.9 Å². The van der Waals surface area contributed by atoms with E-state index < -0.39 is 11.7 Å². The highest BCUT2D eigenvalue weighted by Crippen LogP contribution is 2.35. The zero-order valence-corrected chi connectivity index (χ0v) is 17.4. The third-order valence-corrected chi connectivity index (χ3v) is 5.56. The van der Waals surface area contributed by atoms with Crippen molar-refractivity contribution < 1.29 is 18.0 Å². The highest BCUT2D eigenvalue weighted by Gasteiger charge is 2.35. The molecule has 3 rings (SSSR count). The molecule has 1 saturated carbocycles. The number of pyridine rings is 1. The van der Waals surface area contributed by atoms with Gasteiger partial charge in [0.25, 0.3) is 0 Å². The van der Waals surface area contributed by atoms with Gasteiger partial charge in [-0.2, -0.15) is 13.2 Å². The second-order valence-corrected chi connectivity index (χ2v) is 7.41. The zero-order valence-electron chi connectivity index (χ0n) is 15.0. The Kier molecular flexibility index (Phi) is 9.12. The van der Waals surface area contributed by atoms with Gasteiger partial charge in [-0.15, -0.1) is 24.8 Å². The number of amides is 1. The first kappa shape index (κ1) is 25.1. The molecule has 28 heavy (non-hydrogen) atoms. The molecule has 0 spiro atoms. The van der Waals surface area contributed by atoms with E-state index in [1.165, 1.54) is 0 Å². The summed E-state index contributed by atoms with van der Waals surface area (Å²) in [6, 6.07) is 0.821. The van der Waals surface area contributed by atoms with Crippen LogP contribution in [0, 0.1) is 11.8 Å². The lowest BCUT2D eigenvalue weighted by Crippen LogP contribution is -2.42.